The van der Waals surface area contributed by atoms with E-state index in [1.54, 1.807) is 6.07 Å². The largest absolute Gasteiger partial charge is 0.306 e. The van der Waals surface area contributed by atoms with Gasteiger partial charge in [0.1, 0.15) is 0 Å². The maximum absolute atomic E-state index is 14.0. The van der Waals surface area contributed by atoms with Crippen molar-refractivity contribution in [2.45, 2.75) is 13.0 Å². The average molecular weight is 281 g/mol. The summed E-state index contributed by atoms with van der Waals surface area (Å²) in [5.41, 5.74) is -0.0652. The maximum Gasteiger partial charge on any atom is 0.305 e. The molecule has 110 valence electrons. The van der Waals surface area contributed by atoms with Crippen LogP contribution >= 0.6 is 0 Å². The minimum atomic E-state index is -0.715. The van der Waals surface area contributed by atoms with E-state index in [1.807, 2.05) is 11.9 Å². The second-order valence-electron chi connectivity index (χ2n) is 5.62. The van der Waals surface area contributed by atoms with Crippen LogP contribution in [0.1, 0.15) is 12.0 Å². The molecule has 5 nitrogen and oxygen atoms in total. The number of nitro benzene ring substituents is 1. The molecule has 0 amide bonds. The molecule has 0 radical (unpaired) electrons. The first kappa shape index (κ1) is 14.9. The van der Waals surface area contributed by atoms with Crippen LogP contribution in [0.25, 0.3) is 0 Å². The van der Waals surface area contributed by atoms with Gasteiger partial charge in [-0.05, 0) is 33.0 Å². The van der Waals surface area contributed by atoms with E-state index in [9.17, 15) is 14.5 Å². The molecule has 1 fully saturated rings. The Morgan fingerprint density at radius 2 is 2.30 bits per heavy atom. The zero-order valence-corrected chi connectivity index (χ0v) is 11.9. The molecule has 1 unspecified atom stereocenters. The molecule has 0 spiro atoms. The minimum Gasteiger partial charge on any atom is -0.306 e. The monoisotopic (exact) mass is 281 g/mol. The first-order valence-corrected chi connectivity index (χ1v) is 6.76. The number of hydrogen-bond donors (Lipinski definition) is 0. The molecular weight excluding hydrogens is 261 g/mol. The van der Waals surface area contributed by atoms with Gasteiger partial charge in [-0.3, -0.25) is 10.1 Å². The lowest BCUT2D eigenvalue weighted by atomic mass is 10.1. The van der Waals surface area contributed by atoms with Crippen molar-refractivity contribution in [1.29, 1.82) is 0 Å². The Morgan fingerprint density at radius 3 is 2.90 bits per heavy atom. The molecule has 0 bridgehead atoms. The van der Waals surface area contributed by atoms with Crippen LogP contribution in [0.3, 0.4) is 0 Å². The van der Waals surface area contributed by atoms with Crippen molar-refractivity contribution >= 4 is 5.69 Å². The molecule has 1 aliphatic heterocycles. The summed E-state index contributed by atoms with van der Waals surface area (Å²) in [5.74, 6) is -0.125. The van der Waals surface area contributed by atoms with E-state index < -0.39 is 16.4 Å². The first-order chi connectivity index (χ1) is 9.47. The SMILES string of the molecule is CN1CCC(CN(C)Cc2cccc([N+](=O)[O-])c2F)C1. The van der Waals surface area contributed by atoms with Crippen LogP contribution in [-0.4, -0.2) is 48.5 Å². The Morgan fingerprint density at radius 1 is 1.55 bits per heavy atom. The first-order valence-electron chi connectivity index (χ1n) is 6.76. The fourth-order valence-electron chi connectivity index (χ4n) is 2.80. The van der Waals surface area contributed by atoms with Crippen molar-refractivity contribution in [3.8, 4) is 0 Å². The molecule has 1 aromatic rings. The third kappa shape index (κ3) is 3.52. The summed E-state index contributed by atoms with van der Waals surface area (Å²) in [6.45, 7) is 3.44. The third-order valence-corrected chi connectivity index (χ3v) is 3.75. The lowest BCUT2D eigenvalue weighted by Crippen LogP contribution is -2.27. The highest BCUT2D eigenvalue weighted by atomic mass is 19.1. The molecule has 6 heteroatoms. The number of nitro groups is 1. The van der Waals surface area contributed by atoms with Crippen molar-refractivity contribution in [1.82, 2.24) is 9.80 Å². The van der Waals surface area contributed by atoms with Gasteiger partial charge >= 0.3 is 5.69 Å². The molecule has 1 aliphatic rings. The van der Waals surface area contributed by atoms with Gasteiger partial charge < -0.3 is 9.80 Å². The Hall–Kier alpha value is -1.53. The van der Waals surface area contributed by atoms with Crippen LogP contribution in [0.2, 0.25) is 0 Å². The van der Waals surface area contributed by atoms with Crippen LogP contribution in [0.4, 0.5) is 10.1 Å². The van der Waals surface area contributed by atoms with E-state index in [2.05, 4.69) is 11.9 Å². The highest BCUT2D eigenvalue weighted by Gasteiger charge is 2.22. The predicted molar refractivity (Wildman–Crippen MR) is 75.0 cm³/mol. The van der Waals surface area contributed by atoms with E-state index in [0.717, 1.165) is 26.1 Å². The molecule has 1 aromatic carbocycles. The number of likely N-dealkylation sites (tertiary alicyclic amines) is 1. The molecule has 2 rings (SSSR count). The van der Waals surface area contributed by atoms with Gasteiger partial charge in [0.25, 0.3) is 0 Å². The van der Waals surface area contributed by atoms with Crippen LogP contribution in [0, 0.1) is 21.8 Å². The summed E-state index contributed by atoms with van der Waals surface area (Å²) >= 11 is 0. The summed E-state index contributed by atoms with van der Waals surface area (Å²) in [6, 6.07) is 4.35. The molecule has 1 saturated heterocycles. The summed E-state index contributed by atoms with van der Waals surface area (Å²) in [5, 5.41) is 10.7. The number of rotatable bonds is 5. The zero-order chi connectivity index (χ0) is 14.7. The van der Waals surface area contributed by atoms with Crippen LogP contribution in [0.5, 0.6) is 0 Å². The Kier molecular flexibility index (Phi) is 4.67. The molecule has 0 aromatic heterocycles. The fraction of sp³-hybridized carbons (Fsp3) is 0.571. The highest BCUT2D eigenvalue weighted by Crippen LogP contribution is 2.22. The van der Waals surface area contributed by atoms with E-state index in [-0.39, 0.29) is 0 Å². The topological polar surface area (TPSA) is 49.6 Å². The quantitative estimate of drug-likeness (QED) is 0.613. The maximum atomic E-state index is 14.0. The molecular formula is C14H20FN3O2. The Bertz CT molecular complexity index is 495. The highest BCUT2D eigenvalue weighted by molar-refractivity contribution is 5.36. The molecule has 0 aliphatic carbocycles. The summed E-state index contributed by atoms with van der Waals surface area (Å²) in [7, 11) is 4.02. The fourth-order valence-corrected chi connectivity index (χ4v) is 2.80. The van der Waals surface area contributed by atoms with Gasteiger partial charge in [-0.1, -0.05) is 12.1 Å². The van der Waals surface area contributed by atoms with Crippen molar-refractivity contribution in [2.24, 2.45) is 5.92 Å². The van der Waals surface area contributed by atoms with Crippen molar-refractivity contribution < 1.29 is 9.31 Å². The van der Waals surface area contributed by atoms with Gasteiger partial charge in [0.15, 0.2) is 0 Å². The van der Waals surface area contributed by atoms with E-state index >= 15 is 0 Å². The average Bonchev–Trinajstić information content (AvgIpc) is 2.77. The number of nitrogens with zero attached hydrogens (tertiary/aromatic N) is 3. The minimum absolute atomic E-state index is 0.382. The van der Waals surface area contributed by atoms with Gasteiger partial charge in [0, 0.05) is 31.3 Å². The van der Waals surface area contributed by atoms with Gasteiger partial charge in [0.2, 0.25) is 5.82 Å². The van der Waals surface area contributed by atoms with Gasteiger partial charge in [0.05, 0.1) is 4.92 Å². The summed E-state index contributed by atoms with van der Waals surface area (Å²) in [6.07, 6.45) is 1.15. The Balaban J connectivity index is 1.99. The van der Waals surface area contributed by atoms with Gasteiger partial charge in [-0.15, -0.1) is 0 Å². The van der Waals surface area contributed by atoms with E-state index in [1.165, 1.54) is 12.1 Å². The second kappa shape index (κ2) is 6.28. The van der Waals surface area contributed by atoms with E-state index in [0.29, 0.717) is 18.0 Å². The van der Waals surface area contributed by atoms with Crippen LogP contribution in [-0.2, 0) is 6.54 Å². The smallest absolute Gasteiger partial charge is 0.305 e. The van der Waals surface area contributed by atoms with Crippen molar-refractivity contribution in [2.75, 3.05) is 33.7 Å². The number of halogens is 1. The third-order valence-electron chi connectivity index (χ3n) is 3.75. The molecule has 20 heavy (non-hydrogen) atoms. The number of benzene rings is 1. The number of hydrogen-bond acceptors (Lipinski definition) is 4. The normalized spacial score (nSPS) is 19.7. The lowest BCUT2D eigenvalue weighted by molar-refractivity contribution is -0.387. The van der Waals surface area contributed by atoms with Gasteiger partial charge in [-0.2, -0.15) is 4.39 Å². The summed E-state index contributed by atoms with van der Waals surface area (Å²) in [4.78, 5) is 14.4. The van der Waals surface area contributed by atoms with Crippen molar-refractivity contribution in [3.63, 3.8) is 0 Å². The zero-order valence-electron chi connectivity index (χ0n) is 11.9. The molecule has 0 N–H and O–H groups in total. The lowest BCUT2D eigenvalue weighted by Gasteiger charge is -2.21. The van der Waals surface area contributed by atoms with Crippen LogP contribution in [0.15, 0.2) is 18.2 Å². The van der Waals surface area contributed by atoms with Gasteiger partial charge in [-0.25, -0.2) is 0 Å². The van der Waals surface area contributed by atoms with Crippen molar-refractivity contribution in [3.05, 3.63) is 39.7 Å². The standard InChI is InChI=1S/C14H20FN3O2/c1-16-7-6-11(8-16)9-17(2)10-12-4-3-5-13(14(12)15)18(19)20/h3-5,11H,6-10H2,1-2H3. The second-order valence-corrected chi connectivity index (χ2v) is 5.62. The van der Waals surface area contributed by atoms with E-state index in [4.69, 9.17) is 0 Å². The van der Waals surface area contributed by atoms with Crippen LogP contribution < -0.4 is 0 Å². The molecule has 1 atom stereocenters. The Labute approximate surface area is 118 Å². The molecule has 1 heterocycles. The molecule has 0 saturated carbocycles. The predicted octanol–water partition coefficient (Wildman–Crippen LogP) is 2.12. The summed E-state index contributed by atoms with van der Waals surface area (Å²) < 4.78 is 14.0.